The van der Waals surface area contributed by atoms with Crippen LogP contribution in [0.25, 0.3) is 0 Å². The number of hydrogen-bond donors (Lipinski definition) is 1. The molecule has 2 N–H and O–H groups in total. The van der Waals surface area contributed by atoms with E-state index in [1.807, 2.05) is 11.8 Å². The molecular weight excluding hydrogens is 268 g/mol. The van der Waals surface area contributed by atoms with Crippen molar-refractivity contribution in [1.29, 1.82) is 0 Å². The first-order valence-electron chi connectivity index (χ1n) is 8.07. The van der Waals surface area contributed by atoms with Crippen LogP contribution in [-0.4, -0.2) is 78.4 Å². The van der Waals surface area contributed by atoms with Crippen molar-refractivity contribution in [3.05, 3.63) is 0 Å². The molecule has 6 heteroatoms. The van der Waals surface area contributed by atoms with E-state index >= 15 is 0 Å². The Morgan fingerprint density at radius 3 is 2.05 bits per heavy atom. The van der Waals surface area contributed by atoms with Crippen LogP contribution in [0.2, 0.25) is 0 Å². The van der Waals surface area contributed by atoms with Gasteiger partial charge in [-0.15, -0.1) is 0 Å². The van der Waals surface area contributed by atoms with Crippen LogP contribution in [0.5, 0.6) is 0 Å². The molecule has 0 aromatic heterocycles. The molecule has 0 bridgehead atoms. The lowest BCUT2D eigenvalue weighted by atomic mass is 10.1. The standard InChI is InChI=1S/C15H30N4O2/c1-4-7-13(16)15(21)19-10-8-18(9-11-19)14(20)12-17(5-2)6-3/h13H,4-12,16H2,1-3H3. The van der Waals surface area contributed by atoms with Gasteiger partial charge >= 0.3 is 0 Å². The lowest BCUT2D eigenvalue weighted by molar-refractivity contribution is -0.141. The summed E-state index contributed by atoms with van der Waals surface area (Å²) in [5, 5.41) is 0. The van der Waals surface area contributed by atoms with Crippen molar-refractivity contribution in [2.75, 3.05) is 45.8 Å². The molecule has 2 amide bonds. The highest BCUT2D eigenvalue weighted by atomic mass is 16.2. The number of likely N-dealkylation sites (N-methyl/N-ethyl adjacent to an activating group) is 1. The first-order valence-corrected chi connectivity index (χ1v) is 8.07. The molecule has 1 saturated heterocycles. The summed E-state index contributed by atoms with van der Waals surface area (Å²) in [4.78, 5) is 30.1. The molecule has 0 aliphatic carbocycles. The predicted octanol–water partition coefficient (Wildman–Crippen LogP) is 0.126. The van der Waals surface area contributed by atoms with Crippen molar-refractivity contribution in [1.82, 2.24) is 14.7 Å². The van der Waals surface area contributed by atoms with Crippen molar-refractivity contribution in [3.63, 3.8) is 0 Å². The molecule has 21 heavy (non-hydrogen) atoms. The largest absolute Gasteiger partial charge is 0.338 e. The average Bonchev–Trinajstić information content (AvgIpc) is 2.52. The van der Waals surface area contributed by atoms with Gasteiger partial charge in [-0.2, -0.15) is 0 Å². The van der Waals surface area contributed by atoms with Crippen LogP contribution < -0.4 is 5.73 Å². The summed E-state index contributed by atoms with van der Waals surface area (Å²) < 4.78 is 0. The Morgan fingerprint density at radius 1 is 1.05 bits per heavy atom. The maximum absolute atomic E-state index is 12.2. The third kappa shape index (κ3) is 5.28. The van der Waals surface area contributed by atoms with E-state index in [0.717, 1.165) is 25.9 Å². The van der Waals surface area contributed by atoms with Gasteiger partial charge in [0.15, 0.2) is 0 Å². The molecular formula is C15H30N4O2. The predicted molar refractivity (Wildman–Crippen MR) is 83.8 cm³/mol. The first-order chi connectivity index (χ1) is 10.0. The fourth-order valence-electron chi connectivity index (χ4n) is 2.58. The molecule has 1 rings (SSSR count). The summed E-state index contributed by atoms with van der Waals surface area (Å²) in [7, 11) is 0. The molecule has 1 heterocycles. The van der Waals surface area contributed by atoms with Crippen LogP contribution in [0.1, 0.15) is 33.6 Å². The van der Waals surface area contributed by atoms with Crippen molar-refractivity contribution < 1.29 is 9.59 Å². The summed E-state index contributed by atoms with van der Waals surface area (Å²) in [6.07, 6.45) is 1.63. The van der Waals surface area contributed by atoms with Crippen LogP contribution in [-0.2, 0) is 9.59 Å². The second kappa shape index (κ2) is 9.00. The third-order valence-electron chi connectivity index (χ3n) is 4.11. The Bertz CT molecular complexity index is 337. The number of nitrogens with zero attached hydrogens (tertiary/aromatic N) is 3. The molecule has 1 aliphatic heterocycles. The van der Waals surface area contributed by atoms with Gasteiger partial charge in [-0.3, -0.25) is 14.5 Å². The van der Waals surface area contributed by atoms with Crippen molar-refractivity contribution in [2.24, 2.45) is 5.73 Å². The van der Waals surface area contributed by atoms with E-state index in [1.165, 1.54) is 0 Å². The van der Waals surface area contributed by atoms with Gasteiger partial charge in [0.2, 0.25) is 11.8 Å². The summed E-state index contributed by atoms with van der Waals surface area (Å²) in [6.45, 7) is 10.8. The highest BCUT2D eigenvalue weighted by molar-refractivity contribution is 5.82. The van der Waals surface area contributed by atoms with Crippen LogP contribution in [0, 0.1) is 0 Å². The Balaban J connectivity index is 2.41. The number of carbonyl (C=O) groups is 2. The number of piperazine rings is 1. The van der Waals surface area contributed by atoms with Gasteiger partial charge in [0.1, 0.15) is 0 Å². The molecule has 0 saturated carbocycles. The molecule has 0 radical (unpaired) electrons. The minimum absolute atomic E-state index is 0.0210. The van der Waals surface area contributed by atoms with Gasteiger partial charge in [0.25, 0.3) is 0 Å². The van der Waals surface area contributed by atoms with E-state index in [-0.39, 0.29) is 11.8 Å². The van der Waals surface area contributed by atoms with Crippen molar-refractivity contribution in [3.8, 4) is 0 Å². The lowest BCUT2D eigenvalue weighted by Gasteiger charge is -2.36. The number of hydrogen-bond acceptors (Lipinski definition) is 4. The smallest absolute Gasteiger partial charge is 0.239 e. The van der Waals surface area contributed by atoms with Gasteiger partial charge in [0.05, 0.1) is 12.6 Å². The van der Waals surface area contributed by atoms with Crippen LogP contribution >= 0.6 is 0 Å². The zero-order valence-electron chi connectivity index (χ0n) is 13.7. The molecule has 0 aromatic carbocycles. The average molecular weight is 298 g/mol. The maximum atomic E-state index is 12.2. The normalized spacial score (nSPS) is 17.2. The number of rotatable bonds is 7. The van der Waals surface area contributed by atoms with E-state index in [9.17, 15) is 9.59 Å². The zero-order chi connectivity index (χ0) is 15.8. The quantitative estimate of drug-likeness (QED) is 0.725. The summed E-state index contributed by atoms with van der Waals surface area (Å²) in [6, 6.07) is -0.395. The number of carbonyl (C=O) groups excluding carboxylic acids is 2. The summed E-state index contributed by atoms with van der Waals surface area (Å²) in [5.74, 6) is 0.177. The topological polar surface area (TPSA) is 69.9 Å². The van der Waals surface area contributed by atoms with Crippen LogP contribution in [0.3, 0.4) is 0 Å². The Kier molecular flexibility index (Phi) is 7.67. The fourth-order valence-corrected chi connectivity index (χ4v) is 2.58. The number of nitrogens with two attached hydrogens (primary N) is 1. The van der Waals surface area contributed by atoms with E-state index in [0.29, 0.717) is 32.7 Å². The second-order valence-electron chi connectivity index (χ2n) is 5.56. The minimum atomic E-state index is -0.395. The molecule has 1 unspecified atom stereocenters. The molecule has 1 aliphatic rings. The highest BCUT2D eigenvalue weighted by Crippen LogP contribution is 2.07. The molecule has 122 valence electrons. The van der Waals surface area contributed by atoms with E-state index < -0.39 is 6.04 Å². The Hall–Kier alpha value is -1.14. The fraction of sp³-hybridized carbons (Fsp3) is 0.867. The number of amides is 2. The van der Waals surface area contributed by atoms with Crippen LogP contribution in [0.4, 0.5) is 0 Å². The minimum Gasteiger partial charge on any atom is -0.338 e. The molecule has 1 fully saturated rings. The molecule has 6 nitrogen and oxygen atoms in total. The Morgan fingerprint density at radius 2 is 1.57 bits per heavy atom. The maximum Gasteiger partial charge on any atom is 0.239 e. The van der Waals surface area contributed by atoms with E-state index in [4.69, 9.17) is 5.73 Å². The summed E-state index contributed by atoms with van der Waals surface area (Å²) in [5.41, 5.74) is 5.88. The highest BCUT2D eigenvalue weighted by Gasteiger charge is 2.27. The van der Waals surface area contributed by atoms with Crippen molar-refractivity contribution >= 4 is 11.8 Å². The second-order valence-corrected chi connectivity index (χ2v) is 5.56. The van der Waals surface area contributed by atoms with E-state index in [2.05, 4.69) is 18.7 Å². The van der Waals surface area contributed by atoms with Gasteiger partial charge in [-0.25, -0.2) is 0 Å². The van der Waals surface area contributed by atoms with Crippen LogP contribution in [0.15, 0.2) is 0 Å². The third-order valence-corrected chi connectivity index (χ3v) is 4.11. The lowest BCUT2D eigenvalue weighted by Crippen LogP contribution is -2.55. The molecule has 1 atom stereocenters. The SMILES string of the molecule is CCCC(N)C(=O)N1CCN(C(=O)CN(CC)CC)CC1. The molecule has 0 spiro atoms. The van der Waals surface area contributed by atoms with Gasteiger partial charge in [-0.1, -0.05) is 27.2 Å². The summed E-state index contributed by atoms with van der Waals surface area (Å²) >= 11 is 0. The molecule has 0 aromatic rings. The van der Waals surface area contributed by atoms with Crippen molar-refractivity contribution in [2.45, 2.75) is 39.7 Å². The Labute approximate surface area is 128 Å². The zero-order valence-corrected chi connectivity index (χ0v) is 13.7. The van der Waals surface area contributed by atoms with E-state index in [1.54, 1.807) is 4.90 Å². The van der Waals surface area contributed by atoms with Gasteiger partial charge in [0, 0.05) is 26.2 Å². The first kappa shape index (κ1) is 17.9. The monoisotopic (exact) mass is 298 g/mol. The van der Waals surface area contributed by atoms with Gasteiger partial charge < -0.3 is 15.5 Å². The van der Waals surface area contributed by atoms with Gasteiger partial charge in [-0.05, 0) is 19.5 Å².